The van der Waals surface area contributed by atoms with E-state index in [1.807, 2.05) is 0 Å². The fourth-order valence-electron chi connectivity index (χ4n) is 4.80. The number of esters is 2. The number of rotatable bonds is 12. The molecule has 1 aromatic heterocycles. The van der Waals surface area contributed by atoms with Crippen molar-refractivity contribution in [1.29, 1.82) is 0 Å². The number of benzene rings is 3. The number of anilines is 3. The van der Waals surface area contributed by atoms with Crippen molar-refractivity contribution in [3.8, 4) is 23.0 Å². The molecule has 0 spiro atoms. The summed E-state index contributed by atoms with van der Waals surface area (Å²) in [6.45, 7) is 0. The Morgan fingerprint density at radius 3 is 2.08 bits per heavy atom. The van der Waals surface area contributed by atoms with Crippen LogP contribution in [0.2, 0.25) is 0 Å². The SMILES string of the molecule is CNC(=O)c1cc(Oc2ccc(NC(=O)Nc3cc(C(=O)OC)c(CCc4c(C(=O)OC)ccc(OC)c4N)cc3OC)cc2)ccn1. The van der Waals surface area contributed by atoms with Crippen molar-refractivity contribution in [1.82, 2.24) is 10.3 Å². The average Bonchev–Trinajstić information content (AvgIpc) is 3.10. The number of aromatic nitrogens is 1. The lowest BCUT2D eigenvalue weighted by Crippen LogP contribution is -2.20. The predicted octanol–water partition coefficient (Wildman–Crippen LogP) is 4.84. The number of methoxy groups -OCH3 is 4. The highest BCUT2D eigenvalue weighted by Crippen LogP contribution is 2.33. The summed E-state index contributed by atoms with van der Waals surface area (Å²) in [7, 11) is 6.92. The van der Waals surface area contributed by atoms with Crippen LogP contribution in [-0.2, 0) is 22.3 Å². The Hall–Kier alpha value is -6.31. The smallest absolute Gasteiger partial charge is 0.338 e. The summed E-state index contributed by atoms with van der Waals surface area (Å²) in [5.41, 5.74) is 8.90. The number of hydrogen-bond donors (Lipinski definition) is 4. The second kappa shape index (κ2) is 15.8. The molecular formula is C34H35N5O9. The highest BCUT2D eigenvalue weighted by molar-refractivity contribution is 6.02. The summed E-state index contributed by atoms with van der Waals surface area (Å²) < 4.78 is 26.6. The van der Waals surface area contributed by atoms with Gasteiger partial charge < -0.3 is 45.4 Å². The van der Waals surface area contributed by atoms with Crippen molar-refractivity contribution in [2.45, 2.75) is 12.8 Å². The molecule has 48 heavy (non-hydrogen) atoms. The van der Waals surface area contributed by atoms with Crippen LogP contribution in [-0.4, -0.2) is 64.3 Å². The maximum atomic E-state index is 13.0. The van der Waals surface area contributed by atoms with E-state index in [2.05, 4.69) is 20.9 Å². The first-order valence-corrected chi connectivity index (χ1v) is 14.5. The Kier molecular flexibility index (Phi) is 11.4. The topological polar surface area (TPSA) is 189 Å². The second-order valence-corrected chi connectivity index (χ2v) is 10.1. The van der Waals surface area contributed by atoms with E-state index in [1.165, 1.54) is 53.8 Å². The molecule has 14 nitrogen and oxygen atoms in total. The van der Waals surface area contributed by atoms with Crippen LogP contribution in [0.1, 0.15) is 42.3 Å². The van der Waals surface area contributed by atoms with E-state index in [0.717, 1.165) is 0 Å². The predicted molar refractivity (Wildman–Crippen MR) is 177 cm³/mol. The zero-order chi connectivity index (χ0) is 34.8. The lowest BCUT2D eigenvalue weighted by Gasteiger charge is -2.17. The molecule has 5 N–H and O–H groups in total. The number of ether oxygens (including phenoxy) is 5. The molecule has 0 aliphatic rings. The molecule has 0 saturated heterocycles. The van der Waals surface area contributed by atoms with E-state index < -0.39 is 18.0 Å². The van der Waals surface area contributed by atoms with Gasteiger partial charge in [-0.2, -0.15) is 0 Å². The molecule has 0 aliphatic carbocycles. The Morgan fingerprint density at radius 1 is 0.750 bits per heavy atom. The number of amides is 3. The van der Waals surface area contributed by atoms with Crippen LogP contribution in [0.3, 0.4) is 0 Å². The van der Waals surface area contributed by atoms with Crippen molar-refractivity contribution in [2.24, 2.45) is 0 Å². The summed E-state index contributed by atoms with van der Waals surface area (Å²) in [6.07, 6.45) is 1.95. The molecule has 3 aromatic carbocycles. The number of nitrogens with zero attached hydrogens (tertiary/aromatic N) is 1. The first-order valence-electron chi connectivity index (χ1n) is 14.5. The van der Waals surface area contributed by atoms with E-state index in [9.17, 15) is 19.2 Å². The van der Waals surface area contributed by atoms with Gasteiger partial charge >= 0.3 is 18.0 Å². The van der Waals surface area contributed by atoms with E-state index >= 15 is 0 Å². The van der Waals surface area contributed by atoms with Gasteiger partial charge in [0.2, 0.25) is 0 Å². The molecule has 14 heteroatoms. The van der Waals surface area contributed by atoms with Crippen molar-refractivity contribution in [2.75, 3.05) is 51.9 Å². The number of aryl methyl sites for hydroxylation is 1. The van der Waals surface area contributed by atoms with Crippen LogP contribution >= 0.6 is 0 Å². The van der Waals surface area contributed by atoms with Gasteiger partial charge in [-0.1, -0.05) is 0 Å². The number of nitrogens with one attached hydrogen (secondary N) is 3. The van der Waals surface area contributed by atoms with E-state index in [0.29, 0.717) is 34.1 Å². The molecule has 0 fully saturated rings. The highest BCUT2D eigenvalue weighted by Gasteiger charge is 2.22. The van der Waals surface area contributed by atoms with Gasteiger partial charge in [0, 0.05) is 25.0 Å². The fourth-order valence-corrected chi connectivity index (χ4v) is 4.80. The van der Waals surface area contributed by atoms with E-state index in [1.54, 1.807) is 48.5 Å². The first-order chi connectivity index (χ1) is 23.1. The summed E-state index contributed by atoms with van der Waals surface area (Å²) in [5.74, 6) is -0.0145. The Bertz CT molecular complexity index is 1830. The van der Waals surface area contributed by atoms with Gasteiger partial charge in [-0.3, -0.25) is 9.78 Å². The van der Waals surface area contributed by atoms with Gasteiger partial charge in [-0.15, -0.1) is 0 Å². The van der Waals surface area contributed by atoms with Gasteiger partial charge in [0.05, 0.1) is 50.9 Å². The molecule has 250 valence electrons. The summed E-state index contributed by atoms with van der Waals surface area (Å²) >= 11 is 0. The van der Waals surface area contributed by atoms with Crippen molar-refractivity contribution < 1.29 is 42.9 Å². The highest BCUT2D eigenvalue weighted by atomic mass is 16.5. The molecule has 1 heterocycles. The Morgan fingerprint density at radius 2 is 1.44 bits per heavy atom. The van der Waals surface area contributed by atoms with Gasteiger partial charge in [0.15, 0.2) is 0 Å². The molecule has 0 unspecified atom stereocenters. The van der Waals surface area contributed by atoms with Crippen molar-refractivity contribution >= 4 is 40.9 Å². The first kappa shape index (κ1) is 34.6. The maximum Gasteiger partial charge on any atom is 0.338 e. The van der Waals surface area contributed by atoms with E-state index in [-0.39, 0.29) is 52.7 Å². The van der Waals surface area contributed by atoms with Gasteiger partial charge in [-0.05, 0) is 78.6 Å². The van der Waals surface area contributed by atoms with Crippen LogP contribution in [0.15, 0.2) is 66.9 Å². The monoisotopic (exact) mass is 657 g/mol. The molecule has 3 amide bonds. The van der Waals surface area contributed by atoms with Crippen LogP contribution in [0.25, 0.3) is 0 Å². The quantitative estimate of drug-likeness (QED) is 0.121. The number of urea groups is 1. The molecule has 0 aliphatic heterocycles. The second-order valence-electron chi connectivity index (χ2n) is 10.1. The fraction of sp³-hybridized carbons (Fsp3) is 0.206. The van der Waals surface area contributed by atoms with Crippen LogP contribution < -0.4 is 35.9 Å². The molecule has 4 rings (SSSR count). The lowest BCUT2D eigenvalue weighted by atomic mass is 9.94. The third-order valence-corrected chi connectivity index (χ3v) is 7.20. The van der Waals surface area contributed by atoms with Gasteiger partial charge in [-0.25, -0.2) is 14.4 Å². The van der Waals surface area contributed by atoms with Gasteiger partial charge in [0.1, 0.15) is 28.7 Å². The number of nitrogens with two attached hydrogens (primary N) is 1. The standard InChI is InChI=1S/C34H35N5O9/c1-36-31(40)27-17-22(14-15-37-27)48-21-9-7-20(8-10-21)38-34(43)39-26-18-25(33(42)47-5)19(16-29(26)45-3)6-11-23-24(32(41)46-4)12-13-28(44-2)30(23)35/h7-10,12-18H,6,11,35H2,1-5H3,(H,36,40)(H2,38,39,43). The normalized spacial score (nSPS) is 10.4. The number of hydrogen-bond acceptors (Lipinski definition) is 11. The number of pyridine rings is 1. The largest absolute Gasteiger partial charge is 0.495 e. The van der Waals surface area contributed by atoms with Gasteiger partial charge in [0.25, 0.3) is 5.91 Å². The molecular weight excluding hydrogens is 622 g/mol. The molecule has 0 bridgehead atoms. The average molecular weight is 658 g/mol. The molecule has 4 aromatic rings. The number of nitrogen functional groups attached to an aromatic ring is 1. The molecule has 0 radical (unpaired) electrons. The minimum Gasteiger partial charge on any atom is -0.495 e. The summed E-state index contributed by atoms with van der Waals surface area (Å²) in [6, 6.07) is 15.3. The summed E-state index contributed by atoms with van der Waals surface area (Å²) in [5, 5.41) is 7.93. The zero-order valence-electron chi connectivity index (χ0n) is 27.0. The summed E-state index contributed by atoms with van der Waals surface area (Å²) in [4.78, 5) is 54.1. The minimum absolute atomic E-state index is 0.173. The Labute approximate surface area is 276 Å². The van der Waals surface area contributed by atoms with Crippen LogP contribution in [0.4, 0.5) is 21.9 Å². The number of carbonyl (C=O) groups is 4. The Balaban J connectivity index is 1.51. The third kappa shape index (κ3) is 8.09. The van der Waals surface area contributed by atoms with Crippen molar-refractivity contribution in [3.63, 3.8) is 0 Å². The molecule has 0 atom stereocenters. The lowest BCUT2D eigenvalue weighted by molar-refractivity contribution is 0.0589. The maximum absolute atomic E-state index is 13.0. The van der Waals surface area contributed by atoms with Crippen LogP contribution in [0.5, 0.6) is 23.0 Å². The van der Waals surface area contributed by atoms with Crippen LogP contribution in [0, 0.1) is 0 Å². The number of carbonyl (C=O) groups excluding carboxylic acids is 4. The molecule has 0 saturated carbocycles. The van der Waals surface area contributed by atoms with E-state index in [4.69, 9.17) is 29.4 Å². The minimum atomic E-state index is -0.643. The third-order valence-electron chi connectivity index (χ3n) is 7.20. The zero-order valence-corrected chi connectivity index (χ0v) is 27.0. The van der Waals surface area contributed by atoms with Crippen molar-refractivity contribution in [3.05, 3.63) is 94.8 Å².